The van der Waals surface area contributed by atoms with Crippen LogP contribution in [0.4, 0.5) is 4.39 Å². The molecule has 0 aliphatic carbocycles. The smallest absolute Gasteiger partial charge is 0.129 e. The number of likely N-dealkylation sites (tertiary alicyclic amines) is 1. The molecule has 0 aromatic heterocycles. The van der Waals surface area contributed by atoms with Gasteiger partial charge in [0.05, 0.1) is 0 Å². The van der Waals surface area contributed by atoms with Gasteiger partial charge >= 0.3 is 0 Å². The van der Waals surface area contributed by atoms with Gasteiger partial charge in [0.1, 0.15) is 6.17 Å². The quantitative estimate of drug-likeness (QED) is 0.469. The van der Waals surface area contributed by atoms with Crippen LogP contribution < -0.4 is 5.73 Å². The largest absolute Gasteiger partial charge is 0.324 e. The Labute approximate surface area is 48.5 Å². The standard InChI is InChI=1S/C5H11FN2/c1-8-2-4(6)5(7)3-8/h4-5H,2-3,7H2,1H3/t4?,5-/m0/s1. The molecule has 2 nitrogen and oxygen atoms in total. The molecule has 0 amide bonds. The summed E-state index contributed by atoms with van der Waals surface area (Å²) in [5.74, 6) is 0. The van der Waals surface area contributed by atoms with Gasteiger partial charge in [-0.05, 0) is 7.05 Å². The third-order valence-corrected chi connectivity index (χ3v) is 1.47. The van der Waals surface area contributed by atoms with E-state index in [1.807, 2.05) is 11.9 Å². The van der Waals surface area contributed by atoms with Crippen molar-refractivity contribution in [1.82, 2.24) is 4.90 Å². The van der Waals surface area contributed by atoms with Gasteiger partial charge in [-0.1, -0.05) is 0 Å². The van der Waals surface area contributed by atoms with Crippen molar-refractivity contribution >= 4 is 0 Å². The molecule has 0 radical (unpaired) electrons. The first-order valence-electron chi connectivity index (χ1n) is 2.78. The Bertz CT molecular complexity index is 76.5. The van der Waals surface area contributed by atoms with E-state index in [1.54, 1.807) is 0 Å². The van der Waals surface area contributed by atoms with Gasteiger partial charge in [-0.15, -0.1) is 0 Å². The SMILES string of the molecule is CN1CC(F)[C@@H](N)C1. The van der Waals surface area contributed by atoms with Gasteiger partial charge in [0.25, 0.3) is 0 Å². The van der Waals surface area contributed by atoms with E-state index >= 15 is 0 Å². The second-order valence-electron chi connectivity index (χ2n) is 2.40. The first-order valence-corrected chi connectivity index (χ1v) is 2.78. The van der Waals surface area contributed by atoms with Crippen molar-refractivity contribution in [1.29, 1.82) is 0 Å². The topological polar surface area (TPSA) is 29.3 Å². The van der Waals surface area contributed by atoms with Crippen LogP contribution >= 0.6 is 0 Å². The van der Waals surface area contributed by atoms with Crippen LogP contribution in [-0.4, -0.2) is 37.3 Å². The Kier molecular flexibility index (Phi) is 1.49. The van der Waals surface area contributed by atoms with E-state index in [0.29, 0.717) is 13.1 Å². The lowest BCUT2D eigenvalue weighted by molar-refractivity contribution is 0.309. The molecule has 1 fully saturated rings. The van der Waals surface area contributed by atoms with Crippen molar-refractivity contribution in [3.8, 4) is 0 Å². The highest BCUT2D eigenvalue weighted by Gasteiger charge is 2.26. The Morgan fingerprint density at radius 2 is 2.25 bits per heavy atom. The zero-order valence-electron chi connectivity index (χ0n) is 4.97. The molecule has 48 valence electrons. The number of likely N-dealkylation sites (N-methyl/N-ethyl adjacent to an activating group) is 1. The number of nitrogens with zero attached hydrogens (tertiary/aromatic N) is 1. The first-order chi connectivity index (χ1) is 3.70. The predicted octanol–water partition coefficient (Wildman–Crippen LogP) is -0.403. The Morgan fingerprint density at radius 3 is 2.38 bits per heavy atom. The minimum absolute atomic E-state index is 0.250. The number of nitrogens with two attached hydrogens (primary N) is 1. The minimum atomic E-state index is -0.806. The predicted molar refractivity (Wildman–Crippen MR) is 30.4 cm³/mol. The molecular weight excluding hydrogens is 107 g/mol. The van der Waals surface area contributed by atoms with Crippen molar-refractivity contribution < 1.29 is 4.39 Å². The highest BCUT2D eigenvalue weighted by molar-refractivity contribution is 4.84. The van der Waals surface area contributed by atoms with Crippen molar-refractivity contribution in [3.63, 3.8) is 0 Å². The average Bonchev–Trinajstić information content (AvgIpc) is 1.85. The molecule has 0 spiro atoms. The summed E-state index contributed by atoms with van der Waals surface area (Å²) in [6, 6.07) is -0.250. The van der Waals surface area contributed by atoms with E-state index < -0.39 is 6.17 Å². The summed E-state index contributed by atoms with van der Waals surface area (Å²) >= 11 is 0. The van der Waals surface area contributed by atoms with Crippen molar-refractivity contribution in [2.75, 3.05) is 20.1 Å². The van der Waals surface area contributed by atoms with Crippen LogP contribution in [0.3, 0.4) is 0 Å². The van der Waals surface area contributed by atoms with E-state index in [-0.39, 0.29) is 6.04 Å². The molecule has 2 atom stereocenters. The lowest BCUT2D eigenvalue weighted by Gasteiger charge is -2.02. The van der Waals surface area contributed by atoms with Crippen LogP contribution in [-0.2, 0) is 0 Å². The van der Waals surface area contributed by atoms with Crippen LogP contribution in [0.1, 0.15) is 0 Å². The molecule has 1 aliphatic heterocycles. The summed E-state index contributed by atoms with van der Waals surface area (Å²) < 4.78 is 12.4. The van der Waals surface area contributed by atoms with Crippen molar-refractivity contribution in [3.05, 3.63) is 0 Å². The lowest BCUT2D eigenvalue weighted by atomic mass is 10.3. The number of alkyl halides is 1. The monoisotopic (exact) mass is 118 g/mol. The molecule has 3 heteroatoms. The number of rotatable bonds is 0. The van der Waals surface area contributed by atoms with Gasteiger partial charge in [-0.3, -0.25) is 0 Å². The maximum absolute atomic E-state index is 12.4. The maximum atomic E-state index is 12.4. The number of halogens is 1. The van der Waals surface area contributed by atoms with Crippen LogP contribution in [0.5, 0.6) is 0 Å². The zero-order chi connectivity index (χ0) is 6.15. The van der Waals surface area contributed by atoms with E-state index in [0.717, 1.165) is 0 Å². The van der Waals surface area contributed by atoms with Crippen LogP contribution in [0.15, 0.2) is 0 Å². The van der Waals surface area contributed by atoms with Gasteiger partial charge in [0.15, 0.2) is 0 Å². The number of hydrogen-bond acceptors (Lipinski definition) is 2. The van der Waals surface area contributed by atoms with Gasteiger partial charge in [0.2, 0.25) is 0 Å². The van der Waals surface area contributed by atoms with Crippen LogP contribution in [0.2, 0.25) is 0 Å². The summed E-state index contributed by atoms with van der Waals surface area (Å²) in [5, 5.41) is 0. The lowest BCUT2D eigenvalue weighted by Crippen LogP contribution is -2.29. The summed E-state index contributed by atoms with van der Waals surface area (Å²) in [7, 11) is 1.87. The fourth-order valence-corrected chi connectivity index (χ4v) is 0.982. The van der Waals surface area contributed by atoms with E-state index in [9.17, 15) is 4.39 Å². The molecule has 1 rings (SSSR count). The minimum Gasteiger partial charge on any atom is -0.324 e. The highest BCUT2D eigenvalue weighted by atomic mass is 19.1. The van der Waals surface area contributed by atoms with E-state index in [4.69, 9.17) is 5.73 Å². The second kappa shape index (κ2) is 1.99. The molecule has 0 aromatic carbocycles. The van der Waals surface area contributed by atoms with E-state index in [2.05, 4.69) is 0 Å². The molecule has 2 N–H and O–H groups in total. The Balaban J connectivity index is 2.39. The fraction of sp³-hybridized carbons (Fsp3) is 1.00. The Hall–Kier alpha value is -0.150. The molecule has 0 saturated carbocycles. The van der Waals surface area contributed by atoms with E-state index in [1.165, 1.54) is 0 Å². The van der Waals surface area contributed by atoms with Gasteiger partial charge in [-0.25, -0.2) is 4.39 Å². The molecule has 1 heterocycles. The highest BCUT2D eigenvalue weighted by Crippen LogP contribution is 2.07. The Morgan fingerprint density at radius 1 is 1.62 bits per heavy atom. The average molecular weight is 118 g/mol. The normalized spacial score (nSPS) is 40.9. The van der Waals surface area contributed by atoms with Gasteiger partial charge < -0.3 is 10.6 Å². The molecule has 0 bridgehead atoms. The third-order valence-electron chi connectivity index (χ3n) is 1.47. The second-order valence-corrected chi connectivity index (χ2v) is 2.40. The van der Waals surface area contributed by atoms with Gasteiger partial charge in [0, 0.05) is 19.1 Å². The molecule has 1 aliphatic rings. The molecule has 1 saturated heterocycles. The summed E-state index contributed by atoms with van der Waals surface area (Å²) in [4.78, 5) is 1.90. The zero-order valence-corrected chi connectivity index (χ0v) is 4.97. The first kappa shape index (κ1) is 5.98. The fourth-order valence-electron chi connectivity index (χ4n) is 0.982. The molecule has 0 aromatic rings. The van der Waals surface area contributed by atoms with Gasteiger partial charge in [-0.2, -0.15) is 0 Å². The maximum Gasteiger partial charge on any atom is 0.129 e. The summed E-state index contributed by atoms with van der Waals surface area (Å²) in [5.41, 5.74) is 5.35. The summed E-state index contributed by atoms with van der Waals surface area (Å²) in [6.45, 7) is 1.20. The third kappa shape index (κ3) is 0.980. The van der Waals surface area contributed by atoms with Crippen LogP contribution in [0.25, 0.3) is 0 Å². The molecular formula is C5H11FN2. The number of hydrogen-bond donors (Lipinski definition) is 1. The van der Waals surface area contributed by atoms with Crippen molar-refractivity contribution in [2.45, 2.75) is 12.2 Å². The summed E-state index contributed by atoms with van der Waals surface area (Å²) in [6.07, 6.45) is -0.806. The molecule has 8 heavy (non-hydrogen) atoms. The molecule has 1 unspecified atom stereocenters. The van der Waals surface area contributed by atoms with Crippen molar-refractivity contribution in [2.24, 2.45) is 5.73 Å². The van der Waals surface area contributed by atoms with Crippen LogP contribution in [0, 0.1) is 0 Å².